The van der Waals surface area contributed by atoms with Crippen LogP contribution in [-0.4, -0.2) is 13.1 Å². The number of aryl methyl sites for hydroxylation is 1. The summed E-state index contributed by atoms with van der Waals surface area (Å²) in [5, 5.41) is 0. The summed E-state index contributed by atoms with van der Waals surface area (Å²) in [7, 11) is 1.43. The lowest BCUT2D eigenvalue weighted by molar-refractivity contribution is -0.146. The molecule has 0 fully saturated rings. The van der Waals surface area contributed by atoms with E-state index in [-0.39, 0.29) is 5.97 Å². The highest BCUT2D eigenvalue weighted by atomic mass is 32.1. The molecule has 0 N–H and O–H groups in total. The number of esters is 1. The standard InChI is InChI=1S/C16H18O2S/c1-11-9-10-14(19-11)12-7-5-6-8-13(12)16(2,3)15(17)18-4/h5-10H,1-4H3. The van der Waals surface area contributed by atoms with Crippen LogP contribution in [0.3, 0.4) is 0 Å². The van der Waals surface area contributed by atoms with Crippen LogP contribution in [0.2, 0.25) is 0 Å². The van der Waals surface area contributed by atoms with Gasteiger partial charge in [-0.2, -0.15) is 0 Å². The Hall–Kier alpha value is -1.61. The van der Waals surface area contributed by atoms with Crippen molar-refractivity contribution < 1.29 is 9.53 Å². The molecule has 0 bridgehead atoms. The van der Waals surface area contributed by atoms with Crippen molar-refractivity contribution in [2.75, 3.05) is 7.11 Å². The highest BCUT2D eigenvalue weighted by Crippen LogP contribution is 2.37. The van der Waals surface area contributed by atoms with Gasteiger partial charge in [-0.25, -0.2) is 0 Å². The van der Waals surface area contributed by atoms with Gasteiger partial charge in [-0.1, -0.05) is 24.3 Å². The third kappa shape index (κ3) is 2.56. The lowest BCUT2D eigenvalue weighted by Gasteiger charge is -2.24. The van der Waals surface area contributed by atoms with Crippen molar-refractivity contribution in [1.82, 2.24) is 0 Å². The molecule has 0 saturated carbocycles. The van der Waals surface area contributed by atoms with E-state index in [4.69, 9.17) is 4.74 Å². The molecule has 2 aromatic rings. The maximum absolute atomic E-state index is 12.0. The molecule has 1 aromatic carbocycles. The number of thiophene rings is 1. The monoisotopic (exact) mass is 274 g/mol. The molecule has 3 heteroatoms. The summed E-state index contributed by atoms with van der Waals surface area (Å²) in [6.07, 6.45) is 0. The minimum absolute atomic E-state index is 0.215. The summed E-state index contributed by atoms with van der Waals surface area (Å²) < 4.78 is 4.93. The number of methoxy groups -OCH3 is 1. The largest absolute Gasteiger partial charge is 0.468 e. The van der Waals surface area contributed by atoms with Gasteiger partial charge in [0.25, 0.3) is 0 Å². The number of rotatable bonds is 3. The average Bonchev–Trinajstić information content (AvgIpc) is 2.84. The fourth-order valence-electron chi connectivity index (χ4n) is 2.19. The van der Waals surface area contributed by atoms with Gasteiger partial charge in [-0.3, -0.25) is 4.79 Å². The van der Waals surface area contributed by atoms with E-state index in [1.54, 1.807) is 11.3 Å². The second kappa shape index (κ2) is 5.17. The zero-order valence-corrected chi connectivity index (χ0v) is 12.5. The molecular formula is C16H18O2S. The summed E-state index contributed by atoms with van der Waals surface area (Å²) in [5.74, 6) is -0.215. The van der Waals surface area contributed by atoms with Gasteiger partial charge in [0.15, 0.2) is 0 Å². The zero-order valence-electron chi connectivity index (χ0n) is 11.7. The Morgan fingerprint density at radius 2 is 1.84 bits per heavy atom. The lowest BCUT2D eigenvalue weighted by atomic mass is 9.81. The number of carbonyl (C=O) groups is 1. The van der Waals surface area contributed by atoms with Crippen LogP contribution in [0, 0.1) is 6.92 Å². The van der Waals surface area contributed by atoms with Crippen molar-refractivity contribution in [2.45, 2.75) is 26.2 Å². The second-order valence-corrected chi connectivity index (χ2v) is 6.36. The maximum Gasteiger partial charge on any atom is 0.315 e. The predicted molar refractivity (Wildman–Crippen MR) is 79.5 cm³/mol. The van der Waals surface area contributed by atoms with Crippen molar-refractivity contribution in [3.05, 3.63) is 46.8 Å². The molecule has 0 aliphatic carbocycles. The Balaban J connectivity index is 2.56. The van der Waals surface area contributed by atoms with Gasteiger partial charge in [-0.15, -0.1) is 11.3 Å². The van der Waals surface area contributed by atoms with Crippen LogP contribution in [0.15, 0.2) is 36.4 Å². The Labute approximate surface area is 118 Å². The van der Waals surface area contributed by atoms with Crippen LogP contribution in [0.5, 0.6) is 0 Å². The second-order valence-electron chi connectivity index (χ2n) is 5.07. The Bertz CT molecular complexity index is 596. The molecule has 2 rings (SSSR count). The molecule has 100 valence electrons. The molecule has 0 aliphatic rings. The number of hydrogen-bond donors (Lipinski definition) is 0. The van der Waals surface area contributed by atoms with Crippen LogP contribution in [0.1, 0.15) is 24.3 Å². The van der Waals surface area contributed by atoms with E-state index in [0.29, 0.717) is 0 Å². The van der Waals surface area contributed by atoms with Gasteiger partial charge in [0.1, 0.15) is 0 Å². The molecule has 2 nitrogen and oxygen atoms in total. The number of carbonyl (C=O) groups excluding carboxylic acids is 1. The van der Waals surface area contributed by atoms with Gasteiger partial charge in [-0.05, 0) is 44.0 Å². The molecule has 0 unspecified atom stereocenters. The van der Waals surface area contributed by atoms with Crippen molar-refractivity contribution in [1.29, 1.82) is 0 Å². The number of ether oxygens (including phenoxy) is 1. The average molecular weight is 274 g/mol. The highest BCUT2D eigenvalue weighted by molar-refractivity contribution is 7.15. The first-order chi connectivity index (χ1) is 8.96. The van der Waals surface area contributed by atoms with Gasteiger partial charge < -0.3 is 4.74 Å². The summed E-state index contributed by atoms with van der Waals surface area (Å²) in [6.45, 7) is 5.89. The van der Waals surface area contributed by atoms with Crippen molar-refractivity contribution in [3.8, 4) is 10.4 Å². The van der Waals surface area contributed by atoms with Crippen molar-refractivity contribution in [3.63, 3.8) is 0 Å². The first-order valence-corrected chi connectivity index (χ1v) is 7.03. The fourth-order valence-corrected chi connectivity index (χ4v) is 3.09. The van der Waals surface area contributed by atoms with Crippen LogP contribution in [-0.2, 0) is 14.9 Å². The van der Waals surface area contributed by atoms with Crippen molar-refractivity contribution in [2.24, 2.45) is 0 Å². The molecule has 19 heavy (non-hydrogen) atoms. The topological polar surface area (TPSA) is 26.3 Å². The lowest BCUT2D eigenvalue weighted by Crippen LogP contribution is -2.30. The van der Waals surface area contributed by atoms with Gasteiger partial charge in [0.05, 0.1) is 12.5 Å². The van der Waals surface area contributed by atoms with Crippen LogP contribution < -0.4 is 0 Å². The van der Waals surface area contributed by atoms with E-state index in [1.165, 1.54) is 16.9 Å². The predicted octanol–water partition coefficient (Wildman–Crippen LogP) is 4.17. The van der Waals surface area contributed by atoms with Crippen LogP contribution in [0.25, 0.3) is 10.4 Å². The molecule has 1 aromatic heterocycles. The smallest absolute Gasteiger partial charge is 0.315 e. The third-order valence-corrected chi connectivity index (χ3v) is 4.34. The summed E-state index contributed by atoms with van der Waals surface area (Å²) in [5.41, 5.74) is 1.46. The Morgan fingerprint density at radius 1 is 1.16 bits per heavy atom. The van der Waals surface area contributed by atoms with Gasteiger partial charge >= 0.3 is 5.97 Å². The summed E-state index contributed by atoms with van der Waals surface area (Å²) in [6, 6.07) is 12.2. The highest BCUT2D eigenvalue weighted by Gasteiger charge is 2.33. The first-order valence-electron chi connectivity index (χ1n) is 6.21. The summed E-state index contributed by atoms with van der Waals surface area (Å²) >= 11 is 1.74. The van der Waals surface area contributed by atoms with Crippen LogP contribution >= 0.6 is 11.3 Å². The number of hydrogen-bond acceptors (Lipinski definition) is 3. The van der Waals surface area contributed by atoms with Gasteiger partial charge in [0.2, 0.25) is 0 Å². The molecule has 0 atom stereocenters. The van der Waals surface area contributed by atoms with E-state index >= 15 is 0 Å². The van der Waals surface area contributed by atoms with E-state index in [9.17, 15) is 4.79 Å². The molecule has 0 spiro atoms. The quantitative estimate of drug-likeness (QED) is 0.785. The number of benzene rings is 1. The van der Waals surface area contributed by atoms with E-state index < -0.39 is 5.41 Å². The van der Waals surface area contributed by atoms with E-state index in [2.05, 4.69) is 25.1 Å². The Kier molecular flexibility index (Phi) is 3.76. The zero-order chi connectivity index (χ0) is 14.0. The minimum atomic E-state index is -0.650. The fraction of sp³-hybridized carbons (Fsp3) is 0.312. The van der Waals surface area contributed by atoms with E-state index in [1.807, 2.05) is 32.0 Å². The Morgan fingerprint density at radius 3 is 2.42 bits per heavy atom. The molecular weight excluding hydrogens is 256 g/mol. The SMILES string of the molecule is COC(=O)C(C)(C)c1ccccc1-c1ccc(C)s1. The maximum atomic E-state index is 12.0. The van der Waals surface area contributed by atoms with E-state index in [0.717, 1.165) is 11.1 Å². The van der Waals surface area contributed by atoms with Crippen LogP contribution in [0.4, 0.5) is 0 Å². The van der Waals surface area contributed by atoms with Crippen molar-refractivity contribution >= 4 is 17.3 Å². The normalized spacial score (nSPS) is 11.4. The first kappa shape index (κ1) is 13.8. The minimum Gasteiger partial charge on any atom is -0.468 e. The summed E-state index contributed by atoms with van der Waals surface area (Å²) in [4.78, 5) is 14.5. The molecule has 0 saturated heterocycles. The molecule has 0 radical (unpaired) electrons. The molecule has 0 amide bonds. The molecule has 1 heterocycles. The van der Waals surface area contributed by atoms with Gasteiger partial charge in [0, 0.05) is 9.75 Å². The third-order valence-electron chi connectivity index (χ3n) is 3.30. The molecule has 0 aliphatic heterocycles.